The van der Waals surface area contributed by atoms with Gasteiger partial charge in [-0.15, -0.1) is 5.10 Å². The summed E-state index contributed by atoms with van der Waals surface area (Å²) in [6.45, 7) is 4.64. The van der Waals surface area contributed by atoms with Crippen LogP contribution < -0.4 is 10.6 Å². The average molecular weight is 246 g/mol. The van der Waals surface area contributed by atoms with Crippen LogP contribution in [-0.2, 0) is 6.42 Å². The molecule has 0 unspecified atom stereocenters. The molecule has 5 heteroatoms. The van der Waals surface area contributed by atoms with Crippen LogP contribution in [0.3, 0.4) is 0 Å². The normalized spacial score (nSPS) is 10.7. The average Bonchev–Trinajstić information content (AvgIpc) is 2.76. The van der Waals surface area contributed by atoms with E-state index in [4.69, 9.17) is 10.2 Å². The molecule has 0 bridgehead atoms. The highest BCUT2D eigenvalue weighted by Crippen LogP contribution is 2.24. The van der Waals surface area contributed by atoms with E-state index in [0.29, 0.717) is 24.9 Å². The van der Waals surface area contributed by atoms with E-state index in [1.807, 2.05) is 11.9 Å². The van der Waals surface area contributed by atoms with Crippen molar-refractivity contribution in [3.05, 3.63) is 35.2 Å². The smallest absolute Gasteiger partial charge is 0.322 e. The van der Waals surface area contributed by atoms with Crippen molar-refractivity contribution >= 4 is 11.7 Å². The van der Waals surface area contributed by atoms with Crippen LogP contribution in [0.25, 0.3) is 0 Å². The Morgan fingerprint density at radius 2 is 1.83 bits per heavy atom. The van der Waals surface area contributed by atoms with Crippen molar-refractivity contribution in [2.45, 2.75) is 20.3 Å². The van der Waals surface area contributed by atoms with Crippen LogP contribution in [0.1, 0.15) is 17.0 Å². The van der Waals surface area contributed by atoms with Gasteiger partial charge in [-0.05, 0) is 37.1 Å². The van der Waals surface area contributed by atoms with Gasteiger partial charge in [0.1, 0.15) is 0 Å². The first-order chi connectivity index (χ1) is 8.60. The second-order valence-electron chi connectivity index (χ2n) is 4.42. The lowest BCUT2D eigenvalue weighted by Crippen LogP contribution is -2.10. The molecule has 0 spiro atoms. The first-order valence-corrected chi connectivity index (χ1v) is 5.94. The minimum atomic E-state index is 0.489. The summed E-state index contributed by atoms with van der Waals surface area (Å²) in [5, 5.41) is 7.98. The van der Waals surface area contributed by atoms with Gasteiger partial charge in [-0.2, -0.15) is 0 Å². The maximum Gasteiger partial charge on any atom is 0.322 e. The molecule has 1 heterocycles. The van der Waals surface area contributed by atoms with E-state index in [9.17, 15) is 0 Å². The van der Waals surface area contributed by atoms with E-state index in [1.165, 1.54) is 11.1 Å². The minimum Gasteiger partial charge on any atom is -0.408 e. The maximum absolute atomic E-state index is 5.54. The fourth-order valence-electron chi connectivity index (χ4n) is 1.86. The van der Waals surface area contributed by atoms with Crippen LogP contribution in [0.5, 0.6) is 0 Å². The highest BCUT2D eigenvalue weighted by molar-refractivity contribution is 5.57. The summed E-state index contributed by atoms with van der Waals surface area (Å²) in [4.78, 5) is 1.88. The molecule has 0 saturated carbocycles. The fourth-order valence-corrected chi connectivity index (χ4v) is 1.86. The molecule has 0 aliphatic heterocycles. The Bertz CT molecular complexity index is 515. The molecule has 18 heavy (non-hydrogen) atoms. The van der Waals surface area contributed by atoms with Crippen LogP contribution >= 0.6 is 0 Å². The van der Waals surface area contributed by atoms with Crippen molar-refractivity contribution < 1.29 is 4.42 Å². The van der Waals surface area contributed by atoms with E-state index >= 15 is 0 Å². The number of benzene rings is 1. The molecule has 2 rings (SSSR count). The lowest BCUT2D eigenvalue weighted by molar-refractivity contribution is 0.499. The van der Waals surface area contributed by atoms with Gasteiger partial charge in [-0.1, -0.05) is 11.2 Å². The molecular formula is C13H18N4O. The molecule has 5 nitrogen and oxygen atoms in total. The second kappa shape index (κ2) is 5.18. The Morgan fingerprint density at radius 1 is 1.17 bits per heavy atom. The van der Waals surface area contributed by atoms with Crippen LogP contribution in [-0.4, -0.2) is 23.8 Å². The van der Waals surface area contributed by atoms with Crippen molar-refractivity contribution in [2.24, 2.45) is 5.73 Å². The number of hydrogen-bond acceptors (Lipinski definition) is 5. The van der Waals surface area contributed by atoms with Gasteiger partial charge in [0.2, 0.25) is 5.89 Å². The Kier molecular flexibility index (Phi) is 3.62. The predicted molar refractivity (Wildman–Crippen MR) is 71.0 cm³/mol. The van der Waals surface area contributed by atoms with E-state index in [-0.39, 0.29) is 0 Å². The zero-order valence-electron chi connectivity index (χ0n) is 11.0. The monoisotopic (exact) mass is 246 g/mol. The molecule has 0 amide bonds. The van der Waals surface area contributed by atoms with Gasteiger partial charge in [0.25, 0.3) is 0 Å². The van der Waals surface area contributed by atoms with Gasteiger partial charge >= 0.3 is 6.01 Å². The number of nitrogens with two attached hydrogens (primary N) is 1. The lowest BCUT2D eigenvalue weighted by Gasteiger charge is -2.15. The molecule has 0 saturated heterocycles. The van der Waals surface area contributed by atoms with Crippen LogP contribution in [0.15, 0.2) is 22.6 Å². The lowest BCUT2D eigenvalue weighted by atomic mass is 10.1. The highest BCUT2D eigenvalue weighted by Gasteiger charge is 2.12. The molecule has 2 N–H and O–H groups in total. The molecule has 0 aliphatic rings. The zero-order valence-corrected chi connectivity index (χ0v) is 11.0. The van der Waals surface area contributed by atoms with Crippen LogP contribution in [0, 0.1) is 13.8 Å². The van der Waals surface area contributed by atoms with Gasteiger partial charge in [0, 0.05) is 25.7 Å². The van der Waals surface area contributed by atoms with Crippen molar-refractivity contribution in [3.63, 3.8) is 0 Å². The molecule has 0 fully saturated rings. The molecule has 96 valence electrons. The summed E-state index contributed by atoms with van der Waals surface area (Å²) in [7, 11) is 1.91. The summed E-state index contributed by atoms with van der Waals surface area (Å²) in [6, 6.07) is 6.79. The van der Waals surface area contributed by atoms with Gasteiger partial charge in [-0.25, -0.2) is 0 Å². The standard InChI is InChI=1S/C13H18N4O/c1-9-6-10(2)8-11(7-9)17(3)13-16-15-12(18-13)4-5-14/h6-8H,4-5,14H2,1-3H3. The van der Waals surface area contributed by atoms with Gasteiger partial charge < -0.3 is 10.2 Å². The first kappa shape index (κ1) is 12.6. The SMILES string of the molecule is Cc1cc(C)cc(N(C)c2nnc(CCN)o2)c1. The summed E-state index contributed by atoms with van der Waals surface area (Å²) in [5.74, 6) is 0.573. The topological polar surface area (TPSA) is 68.2 Å². The van der Waals surface area contributed by atoms with Crippen molar-refractivity contribution in [1.29, 1.82) is 0 Å². The Balaban J connectivity index is 2.26. The number of anilines is 2. The molecular weight excluding hydrogens is 228 g/mol. The molecule has 0 atom stereocenters. The van der Waals surface area contributed by atoms with Crippen molar-refractivity contribution in [3.8, 4) is 0 Å². The summed E-state index contributed by atoms with van der Waals surface area (Å²) < 4.78 is 5.54. The van der Waals surface area contributed by atoms with Gasteiger partial charge in [-0.3, -0.25) is 4.90 Å². The van der Waals surface area contributed by atoms with Crippen LogP contribution in [0.2, 0.25) is 0 Å². The largest absolute Gasteiger partial charge is 0.408 e. The third-order valence-electron chi connectivity index (χ3n) is 2.70. The van der Waals surface area contributed by atoms with E-state index in [2.05, 4.69) is 42.2 Å². The van der Waals surface area contributed by atoms with Crippen molar-refractivity contribution in [2.75, 3.05) is 18.5 Å². The predicted octanol–water partition coefficient (Wildman–Crippen LogP) is 1.96. The number of hydrogen-bond donors (Lipinski definition) is 1. The van der Waals surface area contributed by atoms with Crippen LogP contribution in [0.4, 0.5) is 11.7 Å². The van der Waals surface area contributed by atoms with Gasteiger partial charge in [0.15, 0.2) is 0 Å². The third kappa shape index (κ3) is 2.68. The van der Waals surface area contributed by atoms with E-state index < -0.39 is 0 Å². The molecule has 0 radical (unpaired) electrons. The summed E-state index contributed by atoms with van der Waals surface area (Å²) in [5.41, 5.74) is 8.91. The van der Waals surface area contributed by atoms with Gasteiger partial charge in [0.05, 0.1) is 0 Å². The second-order valence-corrected chi connectivity index (χ2v) is 4.42. The Labute approximate surface area is 107 Å². The first-order valence-electron chi connectivity index (χ1n) is 5.94. The Hall–Kier alpha value is -1.88. The molecule has 0 aliphatic carbocycles. The van der Waals surface area contributed by atoms with Crippen molar-refractivity contribution in [1.82, 2.24) is 10.2 Å². The number of aromatic nitrogens is 2. The molecule has 1 aromatic carbocycles. The van der Waals surface area contributed by atoms with E-state index in [1.54, 1.807) is 0 Å². The Morgan fingerprint density at radius 3 is 2.44 bits per heavy atom. The molecule has 2 aromatic rings. The third-order valence-corrected chi connectivity index (χ3v) is 2.70. The minimum absolute atomic E-state index is 0.489. The quantitative estimate of drug-likeness (QED) is 0.893. The fraction of sp³-hybridized carbons (Fsp3) is 0.385. The maximum atomic E-state index is 5.54. The zero-order chi connectivity index (χ0) is 13.1. The highest BCUT2D eigenvalue weighted by atomic mass is 16.4. The summed E-state index contributed by atoms with van der Waals surface area (Å²) in [6.07, 6.45) is 0.605. The number of aryl methyl sites for hydroxylation is 2. The number of nitrogens with zero attached hydrogens (tertiary/aromatic N) is 3. The number of rotatable bonds is 4. The van der Waals surface area contributed by atoms with E-state index in [0.717, 1.165) is 5.69 Å². The molecule has 1 aromatic heterocycles. The summed E-state index contributed by atoms with van der Waals surface area (Å²) >= 11 is 0.